The molecule has 2 aliphatic carbocycles. The first-order chi connectivity index (χ1) is 30.0. The Morgan fingerprint density at radius 3 is 0.869 bits per heavy atom. The predicted molar refractivity (Wildman–Crippen MR) is 231 cm³/mol. The van der Waals surface area contributed by atoms with Crippen molar-refractivity contribution in [2.75, 3.05) is 133 Å². The Kier molecular flexibility index (Phi) is 18.8. The number of rotatable bonds is 28. The second-order valence-corrected chi connectivity index (χ2v) is 14.7. The predicted octanol–water partition coefficient (Wildman–Crippen LogP) is 6.86. The second-order valence-electron chi connectivity index (χ2n) is 14.7. The minimum Gasteiger partial charge on any atom is -0.448 e. The molecule has 0 spiro atoms. The fourth-order valence-corrected chi connectivity index (χ4v) is 7.42. The molecule has 0 atom stereocenters. The van der Waals surface area contributed by atoms with Gasteiger partial charge in [-0.2, -0.15) is 0 Å². The lowest BCUT2D eigenvalue weighted by Gasteiger charge is -2.19. The average Bonchev–Trinajstić information content (AvgIpc) is 3.79. The Bertz CT molecular complexity index is 1720. The fourth-order valence-electron chi connectivity index (χ4n) is 7.42. The molecule has 2 aliphatic rings. The van der Waals surface area contributed by atoms with E-state index in [2.05, 4.69) is 48.5 Å². The molecule has 13 nitrogen and oxygen atoms in total. The maximum atomic E-state index is 12.6. The van der Waals surface area contributed by atoms with Crippen molar-refractivity contribution in [3.8, 4) is 22.3 Å². The number of amides is 2. The molecule has 61 heavy (non-hydrogen) atoms. The molecule has 6 rings (SSSR count). The number of carbonyl (C=O) groups excluding carboxylic acids is 2. The third kappa shape index (κ3) is 13.6. The number of hydrogen-bond donors (Lipinski definition) is 0. The van der Waals surface area contributed by atoms with Crippen LogP contribution in [-0.2, 0) is 42.6 Å². The van der Waals surface area contributed by atoms with Crippen molar-refractivity contribution >= 4 is 12.2 Å². The molecule has 0 heterocycles. The van der Waals surface area contributed by atoms with Crippen LogP contribution >= 0.6 is 0 Å². The lowest BCUT2D eigenvalue weighted by atomic mass is 9.98. The number of benzene rings is 4. The summed E-state index contributed by atoms with van der Waals surface area (Å²) < 4.78 is 50.4. The summed E-state index contributed by atoms with van der Waals surface area (Å²) in [6, 6.07) is 33.1. The summed E-state index contributed by atoms with van der Waals surface area (Å²) in [6.07, 6.45) is -0.737. The maximum absolute atomic E-state index is 12.6. The van der Waals surface area contributed by atoms with E-state index in [4.69, 9.17) is 42.6 Å². The van der Waals surface area contributed by atoms with Gasteiger partial charge in [-0.05, 0) is 44.5 Å². The van der Waals surface area contributed by atoms with Gasteiger partial charge in [0.25, 0.3) is 0 Å². The minimum absolute atomic E-state index is 0.0329. The summed E-state index contributed by atoms with van der Waals surface area (Å²) in [4.78, 5) is 28.3. The van der Waals surface area contributed by atoms with Crippen LogP contribution in [0, 0.1) is 0 Å². The molecule has 0 fully saturated rings. The van der Waals surface area contributed by atoms with Crippen molar-refractivity contribution in [1.29, 1.82) is 0 Å². The van der Waals surface area contributed by atoms with E-state index in [9.17, 15) is 9.59 Å². The number of hydrogen-bond acceptors (Lipinski definition) is 11. The molecule has 4 aromatic carbocycles. The summed E-state index contributed by atoms with van der Waals surface area (Å²) in [5, 5.41) is 0. The van der Waals surface area contributed by atoms with E-state index in [1.54, 1.807) is 14.1 Å². The van der Waals surface area contributed by atoms with E-state index in [1.165, 1.54) is 54.3 Å². The Morgan fingerprint density at radius 2 is 0.607 bits per heavy atom. The first kappa shape index (κ1) is 45.7. The molecule has 0 saturated carbocycles. The Balaban J connectivity index is 0.655. The Hall–Kier alpha value is -4.86. The van der Waals surface area contributed by atoms with Gasteiger partial charge in [-0.15, -0.1) is 0 Å². The van der Waals surface area contributed by atoms with Crippen LogP contribution in [0.2, 0.25) is 0 Å². The molecule has 4 aromatic rings. The zero-order valence-corrected chi connectivity index (χ0v) is 35.5. The van der Waals surface area contributed by atoms with Gasteiger partial charge in [0.05, 0.1) is 92.5 Å². The summed E-state index contributed by atoms with van der Waals surface area (Å²) in [5.74, 6) is 0.0658. The third-order valence-corrected chi connectivity index (χ3v) is 10.7. The van der Waals surface area contributed by atoms with Crippen LogP contribution in [0.25, 0.3) is 22.3 Å². The lowest BCUT2D eigenvalue weighted by molar-refractivity contribution is -0.0212. The lowest BCUT2D eigenvalue weighted by Crippen LogP contribution is -2.32. The molecule has 0 N–H and O–H groups in total. The monoisotopic (exact) mass is 840 g/mol. The number of likely N-dealkylation sites (N-methyl/N-ethyl adjacent to an activating group) is 2. The van der Waals surface area contributed by atoms with E-state index in [0.29, 0.717) is 119 Å². The molecular weight excluding hydrogens is 781 g/mol. The smallest absolute Gasteiger partial charge is 0.409 e. The summed E-state index contributed by atoms with van der Waals surface area (Å²) in [7, 11) is 3.42. The summed E-state index contributed by atoms with van der Waals surface area (Å²) in [5.41, 5.74) is 9.57. The fraction of sp³-hybridized carbons (Fsp3) is 0.458. The molecular formula is C48H60N2O11. The van der Waals surface area contributed by atoms with E-state index in [0.717, 1.165) is 0 Å². The van der Waals surface area contributed by atoms with Crippen molar-refractivity contribution in [1.82, 2.24) is 9.80 Å². The Labute approximate surface area is 359 Å². The molecule has 13 heteroatoms. The quantitative estimate of drug-likeness (QED) is 0.0558. The molecule has 0 saturated heterocycles. The molecule has 0 radical (unpaired) electrons. The number of fused-ring (bicyclic) bond motifs is 6. The van der Waals surface area contributed by atoms with Crippen molar-refractivity contribution < 1.29 is 52.2 Å². The van der Waals surface area contributed by atoms with E-state index in [-0.39, 0.29) is 24.0 Å². The highest BCUT2D eigenvalue weighted by Crippen LogP contribution is 2.45. The zero-order chi connectivity index (χ0) is 42.5. The van der Waals surface area contributed by atoms with Crippen LogP contribution in [0.5, 0.6) is 0 Å². The molecule has 0 bridgehead atoms. The van der Waals surface area contributed by atoms with Gasteiger partial charge in [0.2, 0.25) is 0 Å². The molecule has 2 amide bonds. The van der Waals surface area contributed by atoms with Crippen LogP contribution in [0.15, 0.2) is 97.1 Å². The van der Waals surface area contributed by atoms with Crippen molar-refractivity contribution in [3.63, 3.8) is 0 Å². The van der Waals surface area contributed by atoms with Crippen LogP contribution in [0.4, 0.5) is 9.59 Å². The third-order valence-electron chi connectivity index (χ3n) is 10.7. The number of carbonyl (C=O) groups is 2. The SMILES string of the molecule is CN(CCOCCOCCOCCOCCOCCOCCOCCN(C)C(=O)OCC1c2ccccc2-c2ccccc21)C(=O)OCC1c2ccccc2-c2ccccc21. The van der Waals surface area contributed by atoms with E-state index in [1.807, 2.05) is 48.5 Å². The average molecular weight is 841 g/mol. The van der Waals surface area contributed by atoms with Crippen molar-refractivity contribution in [2.24, 2.45) is 0 Å². The van der Waals surface area contributed by atoms with Crippen LogP contribution < -0.4 is 0 Å². The van der Waals surface area contributed by atoms with Gasteiger partial charge >= 0.3 is 12.2 Å². The molecule has 0 aliphatic heterocycles. The van der Waals surface area contributed by atoms with Crippen LogP contribution in [0.1, 0.15) is 34.1 Å². The van der Waals surface area contributed by atoms with Gasteiger partial charge in [-0.25, -0.2) is 9.59 Å². The number of nitrogens with zero attached hydrogens (tertiary/aromatic N) is 2. The summed E-state index contributed by atoms with van der Waals surface area (Å²) in [6.45, 7) is 7.61. The highest BCUT2D eigenvalue weighted by Gasteiger charge is 2.30. The molecule has 0 unspecified atom stereocenters. The van der Waals surface area contributed by atoms with Gasteiger partial charge in [0.1, 0.15) is 13.2 Å². The van der Waals surface area contributed by atoms with E-state index >= 15 is 0 Å². The molecule has 0 aromatic heterocycles. The molecule has 328 valence electrons. The normalized spacial score (nSPS) is 12.8. The van der Waals surface area contributed by atoms with Gasteiger partial charge in [0.15, 0.2) is 0 Å². The highest BCUT2D eigenvalue weighted by atomic mass is 16.6. The summed E-state index contributed by atoms with van der Waals surface area (Å²) >= 11 is 0. The van der Waals surface area contributed by atoms with Gasteiger partial charge in [-0.1, -0.05) is 97.1 Å². The maximum Gasteiger partial charge on any atom is 0.409 e. The topological polar surface area (TPSA) is 124 Å². The Morgan fingerprint density at radius 1 is 0.377 bits per heavy atom. The number of ether oxygens (including phenoxy) is 9. The zero-order valence-electron chi connectivity index (χ0n) is 35.5. The van der Waals surface area contributed by atoms with Crippen LogP contribution in [-0.4, -0.2) is 155 Å². The second kappa shape index (κ2) is 25.2. The van der Waals surface area contributed by atoms with Gasteiger partial charge < -0.3 is 52.4 Å². The first-order valence-corrected chi connectivity index (χ1v) is 21.2. The largest absolute Gasteiger partial charge is 0.448 e. The standard InChI is InChI=1S/C48H60N2O11/c1-49(47(51)60-35-45-41-15-7-3-11-37(41)38-12-4-8-16-42(38)45)19-21-53-23-25-55-27-29-57-31-33-59-34-32-58-30-28-56-26-24-54-22-20-50(2)48(52)61-36-46-43-17-9-5-13-39(43)40-14-6-10-18-44(40)46/h3-18,45-46H,19-36H2,1-2H3. The van der Waals surface area contributed by atoms with Crippen molar-refractivity contribution in [2.45, 2.75) is 11.8 Å². The highest BCUT2D eigenvalue weighted by molar-refractivity contribution is 5.80. The van der Waals surface area contributed by atoms with Crippen LogP contribution in [0.3, 0.4) is 0 Å². The first-order valence-electron chi connectivity index (χ1n) is 21.2. The van der Waals surface area contributed by atoms with Gasteiger partial charge in [0, 0.05) is 39.0 Å². The van der Waals surface area contributed by atoms with Gasteiger partial charge in [-0.3, -0.25) is 0 Å². The van der Waals surface area contributed by atoms with E-state index < -0.39 is 0 Å². The van der Waals surface area contributed by atoms with Crippen molar-refractivity contribution in [3.05, 3.63) is 119 Å². The minimum atomic E-state index is -0.369.